The van der Waals surface area contributed by atoms with E-state index in [1.807, 2.05) is 16.9 Å². The maximum Gasteiger partial charge on any atom is 0.319 e. The van der Waals surface area contributed by atoms with Gasteiger partial charge in [-0.1, -0.05) is 18.5 Å². The second-order valence-corrected chi connectivity index (χ2v) is 5.11. The molecule has 0 bridgehead atoms. The molecule has 1 aromatic heterocycles. The molecule has 0 radical (unpaired) electrons. The van der Waals surface area contributed by atoms with E-state index in [2.05, 4.69) is 22.7 Å². The molecular formula is C14H17ClN4O. The van der Waals surface area contributed by atoms with Crippen LogP contribution in [-0.2, 0) is 6.54 Å². The molecule has 0 spiro atoms. The Hall–Kier alpha value is -2.01. The third-order valence-corrected chi connectivity index (χ3v) is 3.02. The quantitative estimate of drug-likeness (QED) is 0.890. The van der Waals surface area contributed by atoms with Gasteiger partial charge < -0.3 is 10.6 Å². The van der Waals surface area contributed by atoms with Crippen molar-refractivity contribution in [3.63, 3.8) is 0 Å². The van der Waals surface area contributed by atoms with Gasteiger partial charge in [0.15, 0.2) is 0 Å². The van der Waals surface area contributed by atoms with Crippen LogP contribution in [0.15, 0.2) is 42.7 Å². The molecule has 1 aromatic carbocycles. The molecule has 0 fully saturated rings. The molecule has 106 valence electrons. The van der Waals surface area contributed by atoms with Gasteiger partial charge >= 0.3 is 6.03 Å². The minimum absolute atomic E-state index is 0.223. The number of urea groups is 1. The van der Waals surface area contributed by atoms with Crippen molar-refractivity contribution in [2.75, 3.05) is 11.9 Å². The van der Waals surface area contributed by atoms with Crippen molar-refractivity contribution in [3.8, 4) is 0 Å². The number of carbonyl (C=O) groups excluding carboxylic acids is 1. The number of amides is 2. The third kappa shape index (κ3) is 4.59. The molecule has 6 heteroatoms. The van der Waals surface area contributed by atoms with Gasteiger partial charge in [-0.15, -0.1) is 0 Å². The number of hydrogen-bond donors (Lipinski definition) is 2. The van der Waals surface area contributed by atoms with Crippen LogP contribution in [0.25, 0.3) is 0 Å². The molecule has 0 aliphatic carbocycles. The van der Waals surface area contributed by atoms with E-state index in [1.54, 1.807) is 30.5 Å². The molecule has 0 saturated carbocycles. The van der Waals surface area contributed by atoms with E-state index in [4.69, 9.17) is 11.6 Å². The van der Waals surface area contributed by atoms with Crippen molar-refractivity contribution in [2.24, 2.45) is 5.92 Å². The summed E-state index contributed by atoms with van der Waals surface area (Å²) in [5.41, 5.74) is 0.714. The summed E-state index contributed by atoms with van der Waals surface area (Å²) >= 11 is 5.78. The lowest BCUT2D eigenvalue weighted by molar-refractivity contribution is 0.249. The fourth-order valence-electron chi connectivity index (χ4n) is 1.77. The van der Waals surface area contributed by atoms with Crippen LogP contribution < -0.4 is 10.6 Å². The Balaban J connectivity index is 1.73. The minimum atomic E-state index is -0.223. The molecular weight excluding hydrogens is 276 g/mol. The van der Waals surface area contributed by atoms with Gasteiger partial charge in [0.05, 0.1) is 0 Å². The normalized spacial score (nSPS) is 11.9. The van der Waals surface area contributed by atoms with E-state index in [0.29, 0.717) is 23.2 Å². The summed E-state index contributed by atoms with van der Waals surface area (Å²) in [6, 6.07) is 8.65. The molecule has 5 nitrogen and oxygen atoms in total. The average molecular weight is 293 g/mol. The van der Waals surface area contributed by atoms with Gasteiger partial charge in [0.25, 0.3) is 0 Å². The first kappa shape index (κ1) is 14.4. The van der Waals surface area contributed by atoms with Crippen LogP contribution in [-0.4, -0.2) is 22.4 Å². The summed E-state index contributed by atoms with van der Waals surface area (Å²) in [5.74, 6) is 0.297. The third-order valence-electron chi connectivity index (χ3n) is 2.77. The van der Waals surface area contributed by atoms with E-state index in [-0.39, 0.29) is 6.03 Å². The highest BCUT2D eigenvalue weighted by Crippen LogP contribution is 2.13. The van der Waals surface area contributed by atoms with Crippen LogP contribution in [0.1, 0.15) is 6.92 Å². The summed E-state index contributed by atoms with van der Waals surface area (Å²) < 4.78 is 1.85. The molecule has 0 aliphatic rings. The van der Waals surface area contributed by atoms with Crippen molar-refractivity contribution >= 4 is 23.3 Å². The highest BCUT2D eigenvalue weighted by Gasteiger charge is 2.06. The number of halogens is 1. The Labute approximate surface area is 122 Å². The number of rotatable bonds is 5. The molecule has 1 unspecified atom stereocenters. The van der Waals surface area contributed by atoms with Gasteiger partial charge in [-0.2, -0.15) is 5.10 Å². The first-order valence-electron chi connectivity index (χ1n) is 6.41. The molecule has 1 atom stereocenters. The fraction of sp³-hybridized carbons (Fsp3) is 0.286. The Morgan fingerprint density at radius 3 is 2.80 bits per heavy atom. The van der Waals surface area contributed by atoms with Crippen LogP contribution in [0.2, 0.25) is 5.02 Å². The monoisotopic (exact) mass is 292 g/mol. The maximum atomic E-state index is 11.7. The molecule has 2 N–H and O–H groups in total. The van der Waals surface area contributed by atoms with Crippen LogP contribution in [0.3, 0.4) is 0 Å². The fourth-order valence-corrected chi connectivity index (χ4v) is 1.89. The lowest BCUT2D eigenvalue weighted by Crippen LogP contribution is -2.33. The second kappa shape index (κ2) is 6.96. The lowest BCUT2D eigenvalue weighted by atomic mass is 10.2. The number of nitrogens with one attached hydrogen (secondary N) is 2. The number of nitrogens with zero attached hydrogens (tertiary/aromatic N) is 2. The summed E-state index contributed by atoms with van der Waals surface area (Å²) in [7, 11) is 0. The zero-order valence-corrected chi connectivity index (χ0v) is 12.0. The largest absolute Gasteiger partial charge is 0.338 e. The van der Waals surface area contributed by atoms with Crippen molar-refractivity contribution in [1.82, 2.24) is 15.1 Å². The number of hydrogen-bond acceptors (Lipinski definition) is 2. The first-order valence-corrected chi connectivity index (χ1v) is 6.79. The van der Waals surface area contributed by atoms with Crippen molar-refractivity contribution in [3.05, 3.63) is 47.7 Å². The van der Waals surface area contributed by atoms with Gasteiger partial charge in [-0.3, -0.25) is 4.68 Å². The molecule has 1 heterocycles. The van der Waals surface area contributed by atoms with Gasteiger partial charge in [0, 0.05) is 36.2 Å². The van der Waals surface area contributed by atoms with Gasteiger partial charge in [-0.05, 0) is 36.2 Å². The summed E-state index contributed by atoms with van der Waals surface area (Å²) in [4.78, 5) is 11.7. The Kier molecular flexibility index (Phi) is 5.01. The van der Waals surface area contributed by atoms with E-state index in [0.717, 1.165) is 6.54 Å². The van der Waals surface area contributed by atoms with Gasteiger partial charge in [0.2, 0.25) is 0 Å². The second-order valence-electron chi connectivity index (χ2n) is 4.68. The molecule has 2 amide bonds. The Morgan fingerprint density at radius 1 is 1.40 bits per heavy atom. The standard InChI is InChI=1S/C14H17ClN4O/c1-11(10-19-8-2-7-17-19)9-16-14(20)18-13-5-3-12(15)4-6-13/h2-8,11H,9-10H2,1H3,(H2,16,18,20). The number of carbonyl (C=O) groups is 1. The number of aromatic nitrogens is 2. The van der Waals surface area contributed by atoms with Crippen molar-refractivity contribution in [2.45, 2.75) is 13.5 Å². The topological polar surface area (TPSA) is 59.0 Å². The molecule has 2 rings (SSSR count). The van der Waals surface area contributed by atoms with E-state index < -0.39 is 0 Å². The van der Waals surface area contributed by atoms with Crippen LogP contribution >= 0.6 is 11.6 Å². The zero-order chi connectivity index (χ0) is 14.4. The van der Waals surface area contributed by atoms with Crippen LogP contribution in [0.4, 0.5) is 10.5 Å². The minimum Gasteiger partial charge on any atom is -0.338 e. The predicted octanol–water partition coefficient (Wildman–Crippen LogP) is 2.99. The Morgan fingerprint density at radius 2 is 2.15 bits per heavy atom. The molecule has 0 saturated heterocycles. The van der Waals surface area contributed by atoms with Crippen molar-refractivity contribution < 1.29 is 4.79 Å². The van der Waals surface area contributed by atoms with Crippen molar-refractivity contribution in [1.29, 1.82) is 0 Å². The Bertz CT molecular complexity index is 539. The SMILES string of the molecule is CC(CNC(=O)Nc1ccc(Cl)cc1)Cn1cccn1. The average Bonchev–Trinajstić information content (AvgIpc) is 2.92. The highest BCUT2D eigenvalue weighted by molar-refractivity contribution is 6.30. The smallest absolute Gasteiger partial charge is 0.319 e. The molecule has 2 aromatic rings. The molecule has 0 aliphatic heterocycles. The number of benzene rings is 1. The number of anilines is 1. The van der Waals surface area contributed by atoms with Gasteiger partial charge in [-0.25, -0.2) is 4.79 Å². The van der Waals surface area contributed by atoms with Crippen LogP contribution in [0, 0.1) is 5.92 Å². The predicted molar refractivity (Wildman–Crippen MR) is 79.9 cm³/mol. The zero-order valence-electron chi connectivity index (χ0n) is 11.2. The summed E-state index contributed by atoms with van der Waals surface area (Å²) in [6.45, 7) is 3.41. The summed E-state index contributed by atoms with van der Waals surface area (Å²) in [6.07, 6.45) is 3.65. The van der Waals surface area contributed by atoms with E-state index in [1.165, 1.54) is 0 Å². The highest BCUT2D eigenvalue weighted by atomic mass is 35.5. The van der Waals surface area contributed by atoms with Crippen LogP contribution in [0.5, 0.6) is 0 Å². The lowest BCUT2D eigenvalue weighted by Gasteiger charge is -2.13. The van der Waals surface area contributed by atoms with Gasteiger partial charge in [0.1, 0.15) is 0 Å². The van der Waals surface area contributed by atoms with E-state index in [9.17, 15) is 4.79 Å². The first-order chi connectivity index (χ1) is 9.63. The maximum absolute atomic E-state index is 11.7. The van der Waals surface area contributed by atoms with E-state index >= 15 is 0 Å². The summed E-state index contributed by atoms with van der Waals surface area (Å²) in [5, 5.41) is 10.4. The molecule has 20 heavy (non-hydrogen) atoms.